The molecule has 0 atom stereocenters. The number of H-pyrrole nitrogens is 1. The normalized spacial score (nSPS) is 10.5. The highest BCUT2D eigenvalue weighted by Gasteiger charge is 2.10. The highest BCUT2D eigenvalue weighted by Crippen LogP contribution is 2.15. The van der Waals surface area contributed by atoms with E-state index in [1.165, 1.54) is 6.33 Å². The fourth-order valence-corrected chi connectivity index (χ4v) is 1.09. The van der Waals surface area contributed by atoms with Crippen LogP contribution in [0.5, 0.6) is 0 Å². The molecule has 66 valence electrons. The molecule has 0 aliphatic rings. The smallest absolute Gasteiger partial charge is 0.284 e. The molecule has 2 aromatic rings. The number of amides is 1. The van der Waals surface area contributed by atoms with Crippen molar-refractivity contribution >= 4 is 28.7 Å². The van der Waals surface area contributed by atoms with E-state index in [9.17, 15) is 4.79 Å². The summed E-state index contributed by atoms with van der Waals surface area (Å²) in [6.45, 7) is 0. The highest BCUT2D eigenvalue weighted by molar-refractivity contribution is 6.33. The molecule has 7 heteroatoms. The van der Waals surface area contributed by atoms with Crippen LogP contribution in [0.15, 0.2) is 6.33 Å². The van der Waals surface area contributed by atoms with Crippen molar-refractivity contribution in [2.45, 2.75) is 0 Å². The zero-order valence-corrected chi connectivity index (χ0v) is 7.04. The molecule has 2 heterocycles. The van der Waals surface area contributed by atoms with Gasteiger partial charge < -0.3 is 10.7 Å². The number of nitrogens with one attached hydrogen (secondary N) is 1. The molecule has 0 aliphatic carbocycles. The number of aromatic nitrogens is 4. The standard InChI is InChI=1S/C6H4ClN5O/c7-3-2-5(10-1-9-3)12-6(11-2)4(8)13/h1H,(H2,8,13)(H,9,10,11,12). The first-order valence-electron chi connectivity index (χ1n) is 3.34. The number of carbonyl (C=O) groups excluding carboxylic acids is 1. The van der Waals surface area contributed by atoms with E-state index in [2.05, 4.69) is 19.9 Å². The SMILES string of the molecule is NC(=O)c1nc2ncnc(Cl)c2[nH]1. The molecule has 0 unspecified atom stereocenters. The maximum absolute atomic E-state index is 10.7. The van der Waals surface area contributed by atoms with Crippen LogP contribution in [0.2, 0.25) is 5.15 Å². The van der Waals surface area contributed by atoms with E-state index in [4.69, 9.17) is 17.3 Å². The molecule has 0 bridgehead atoms. The Labute approximate surface area is 77.2 Å². The van der Waals surface area contributed by atoms with Crippen LogP contribution in [0.3, 0.4) is 0 Å². The fourth-order valence-electron chi connectivity index (χ4n) is 0.917. The number of fused-ring (bicyclic) bond motifs is 1. The fraction of sp³-hybridized carbons (Fsp3) is 0. The summed E-state index contributed by atoms with van der Waals surface area (Å²) in [6.07, 6.45) is 1.26. The van der Waals surface area contributed by atoms with Crippen molar-refractivity contribution < 1.29 is 4.79 Å². The number of halogens is 1. The van der Waals surface area contributed by atoms with E-state index in [1.54, 1.807) is 0 Å². The second-order valence-corrected chi connectivity index (χ2v) is 2.67. The number of rotatable bonds is 1. The summed E-state index contributed by atoms with van der Waals surface area (Å²) in [5.41, 5.74) is 5.75. The van der Waals surface area contributed by atoms with E-state index in [0.717, 1.165) is 0 Å². The van der Waals surface area contributed by atoms with Crippen molar-refractivity contribution in [2.75, 3.05) is 0 Å². The largest absolute Gasteiger partial charge is 0.363 e. The van der Waals surface area contributed by atoms with Gasteiger partial charge >= 0.3 is 0 Å². The molecule has 3 N–H and O–H groups in total. The number of hydrogen-bond acceptors (Lipinski definition) is 4. The Balaban J connectivity index is 2.75. The van der Waals surface area contributed by atoms with Gasteiger partial charge in [0.25, 0.3) is 5.91 Å². The van der Waals surface area contributed by atoms with Crippen LogP contribution in [0, 0.1) is 0 Å². The quantitative estimate of drug-likeness (QED) is 0.634. The maximum atomic E-state index is 10.7. The zero-order valence-electron chi connectivity index (χ0n) is 6.28. The van der Waals surface area contributed by atoms with Crippen molar-refractivity contribution in [1.29, 1.82) is 0 Å². The van der Waals surface area contributed by atoms with E-state index >= 15 is 0 Å². The molecule has 0 fully saturated rings. The summed E-state index contributed by atoms with van der Waals surface area (Å²) in [7, 11) is 0. The number of carbonyl (C=O) groups is 1. The molecular weight excluding hydrogens is 194 g/mol. The molecule has 0 aliphatic heterocycles. The first-order valence-corrected chi connectivity index (χ1v) is 3.72. The third-order valence-corrected chi connectivity index (χ3v) is 1.76. The van der Waals surface area contributed by atoms with Crippen molar-refractivity contribution in [1.82, 2.24) is 19.9 Å². The lowest BCUT2D eigenvalue weighted by atomic mass is 10.6. The van der Waals surface area contributed by atoms with Crippen LogP contribution in [-0.2, 0) is 0 Å². The molecule has 0 radical (unpaired) electrons. The Morgan fingerprint density at radius 3 is 2.92 bits per heavy atom. The molecule has 1 amide bonds. The van der Waals surface area contributed by atoms with Gasteiger partial charge in [0, 0.05) is 0 Å². The second kappa shape index (κ2) is 2.67. The van der Waals surface area contributed by atoms with Gasteiger partial charge in [0.15, 0.2) is 16.6 Å². The lowest BCUT2D eigenvalue weighted by Gasteiger charge is -1.87. The Kier molecular flexibility index (Phi) is 1.63. The van der Waals surface area contributed by atoms with Crippen molar-refractivity contribution in [2.24, 2.45) is 5.73 Å². The summed E-state index contributed by atoms with van der Waals surface area (Å²) >= 11 is 5.70. The Bertz CT molecular complexity index is 479. The minimum atomic E-state index is -0.658. The molecule has 6 nitrogen and oxygen atoms in total. The van der Waals surface area contributed by atoms with Gasteiger partial charge in [-0.15, -0.1) is 0 Å². The van der Waals surface area contributed by atoms with Crippen molar-refractivity contribution in [3.05, 3.63) is 17.3 Å². The van der Waals surface area contributed by atoms with Crippen LogP contribution < -0.4 is 5.73 Å². The van der Waals surface area contributed by atoms with E-state index in [1.807, 2.05) is 0 Å². The van der Waals surface area contributed by atoms with Crippen molar-refractivity contribution in [3.63, 3.8) is 0 Å². The predicted molar refractivity (Wildman–Crippen MR) is 45.2 cm³/mol. The summed E-state index contributed by atoms with van der Waals surface area (Å²) in [4.78, 5) is 24.7. The van der Waals surface area contributed by atoms with Gasteiger partial charge in [0.2, 0.25) is 0 Å². The van der Waals surface area contributed by atoms with Gasteiger partial charge in [-0.05, 0) is 0 Å². The lowest BCUT2D eigenvalue weighted by Crippen LogP contribution is -2.12. The molecule has 0 saturated carbocycles. The summed E-state index contributed by atoms with van der Waals surface area (Å²) in [5, 5.41) is 0.213. The summed E-state index contributed by atoms with van der Waals surface area (Å²) in [5.74, 6) is -0.633. The van der Waals surface area contributed by atoms with Gasteiger partial charge in [-0.1, -0.05) is 11.6 Å². The number of nitrogens with two attached hydrogens (primary N) is 1. The topological polar surface area (TPSA) is 97.6 Å². The molecule has 0 spiro atoms. The number of primary amides is 1. The predicted octanol–water partition coefficient (Wildman–Crippen LogP) is 0.105. The third-order valence-electron chi connectivity index (χ3n) is 1.48. The van der Waals surface area contributed by atoms with E-state index in [0.29, 0.717) is 11.2 Å². The summed E-state index contributed by atoms with van der Waals surface area (Å²) < 4.78 is 0. The molecule has 0 aromatic carbocycles. The van der Waals surface area contributed by atoms with E-state index in [-0.39, 0.29) is 11.0 Å². The monoisotopic (exact) mass is 197 g/mol. The van der Waals surface area contributed by atoms with Gasteiger partial charge in [-0.25, -0.2) is 15.0 Å². The molecule has 2 aromatic heterocycles. The van der Waals surface area contributed by atoms with Crippen molar-refractivity contribution in [3.8, 4) is 0 Å². The van der Waals surface area contributed by atoms with Crippen LogP contribution >= 0.6 is 11.6 Å². The number of imidazole rings is 1. The van der Waals surface area contributed by atoms with Gasteiger partial charge in [0.1, 0.15) is 11.8 Å². The average molecular weight is 198 g/mol. The Morgan fingerprint density at radius 2 is 2.31 bits per heavy atom. The third kappa shape index (κ3) is 1.20. The number of aromatic amines is 1. The number of nitrogens with zero attached hydrogens (tertiary/aromatic N) is 3. The minimum Gasteiger partial charge on any atom is -0.363 e. The minimum absolute atomic E-state index is 0.0254. The van der Waals surface area contributed by atoms with Crippen LogP contribution in [0.25, 0.3) is 11.2 Å². The molecule has 0 saturated heterocycles. The molecule has 13 heavy (non-hydrogen) atoms. The molecular formula is C6H4ClN5O. The average Bonchev–Trinajstić information content (AvgIpc) is 2.49. The van der Waals surface area contributed by atoms with Crippen LogP contribution in [0.4, 0.5) is 0 Å². The lowest BCUT2D eigenvalue weighted by molar-refractivity contribution is 0.0991. The summed E-state index contributed by atoms with van der Waals surface area (Å²) in [6, 6.07) is 0. The Morgan fingerprint density at radius 1 is 1.54 bits per heavy atom. The van der Waals surface area contributed by atoms with Gasteiger partial charge in [-0.3, -0.25) is 4.79 Å². The maximum Gasteiger partial charge on any atom is 0.284 e. The van der Waals surface area contributed by atoms with Crippen LogP contribution in [0.1, 0.15) is 10.6 Å². The number of hydrogen-bond donors (Lipinski definition) is 2. The first kappa shape index (κ1) is 7.93. The highest BCUT2D eigenvalue weighted by atomic mass is 35.5. The first-order chi connectivity index (χ1) is 6.18. The van der Waals surface area contributed by atoms with Crippen LogP contribution in [-0.4, -0.2) is 25.8 Å². The van der Waals surface area contributed by atoms with E-state index < -0.39 is 5.91 Å². The Hall–Kier alpha value is -1.69. The van der Waals surface area contributed by atoms with Gasteiger partial charge in [0.05, 0.1) is 0 Å². The molecule has 2 rings (SSSR count). The van der Waals surface area contributed by atoms with Gasteiger partial charge in [-0.2, -0.15) is 0 Å². The second-order valence-electron chi connectivity index (χ2n) is 2.31. The zero-order chi connectivity index (χ0) is 9.42.